The molecule has 4 heteroatoms. The number of nitrogens with one attached hydrogen (secondary N) is 1. The summed E-state index contributed by atoms with van der Waals surface area (Å²) in [6, 6.07) is 10.2. The highest BCUT2D eigenvalue weighted by Gasteiger charge is 2.06. The number of para-hydroxylation sites is 1. The van der Waals surface area contributed by atoms with Crippen molar-refractivity contribution >= 4 is 0 Å². The standard InChI is InChI=1S/C15H21N3O/c1-3-18-12-14(11-17-18)13(2)16-9-10-19-15-7-5-4-6-8-15/h4-8,11-13,16H,3,9-10H2,1-2H3. The maximum absolute atomic E-state index is 5.64. The summed E-state index contributed by atoms with van der Waals surface area (Å²) in [5.41, 5.74) is 1.21. The van der Waals surface area contributed by atoms with Gasteiger partial charge in [0.05, 0.1) is 6.20 Å². The van der Waals surface area contributed by atoms with Gasteiger partial charge in [-0.25, -0.2) is 0 Å². The van der Waals surface area contributed by atoms with E-state index >= 15 is 0 Å². The zero-order valence-electron chi connectivity index (χ0n) is 11.5. The largest absolute Gasteiger partial charge is 0.492 e. The van der Waals surface area contributed by atoms with Crippen LogP contribution in [0.2, 0.25) is 0 Å². The predicted octanol–water partition coefficient (Wildman–Crippen LogP) is 2.63. The molecule has 4 nitrogen and oxygen atoms in total. The normalized spacial score (nSPS) is 12.3. The van der Waals surface area contributed by atoms with Crippen LogP contribution in [-0.4, -0.2) is 22.9 Å². The van der Waals surface area contributed by atoms with E-state index in [4.69, 9.17) is 4.74 Å². The number of benzene rings is 1. The third kappa shape index (κ3) is 4.10. The second-order valence-corrected chi connectivity index (χ2v) is 4.47. The predicted molar refractivity (Wildman–Crippen MR) is 76.3 cm³/mol. The van der Waals surface area contributed by atoms with E-state index in [-0.39, 0.29) is 0 Å². The lowest BCUT2D eigenvalue weighted by Gasteiger charge is -2.12. The summed E-state index contributed by atoms with van der Waals surface area (Å²) in [6.07, 6.45) is 3.99. The Bertz CT molecular complexity index is 481. The van der Waals surface area contributed by atoms with Crippen LogP contribution >= 0.6 is 0 Å². The van der Waals surface area contributed by atoms with Crippen LogP contribution in [0.5, 0.6) is 5.75 Å². The molecule has 0 spiro atoms. The molecular formula is C15H21N3O. The second kappa shape index (κ2) is 6.95. The van der Waals surface area contributed by atoms with Crippen molar-refractivity contribution in [3.05, 3.63) is 48.3 Å². The summed E-state index contributed by atoms with van der Waals surface area (Å²) in [5, 5.41) is 7.71. The van der Waals surface area contributed by atoms with Crippen LogP contribution in [-0.2, 0) is 6.54 Å². The van der Waals surface area contributed by atoms with Crippen LogP contribution in [0.25, 0.3) is 0 Å². The highest BCUT2D eigenvalue weighted by molar-refractivity contribution is 5.20. The number of hydrogen-bond acceptors (Lipinski definition) is 3. The third-order valence-corrected chi connectivity index (χ3v) is 3.04. The van der Waals surface area contributed by atoms with E-state index < -0.39 is 0 Å². The Morgan fingerprint density at radius 2 is 2.11 bits per heavy atom. The molecule has 1 atom stereocenters. The van der Waals surface area contributed by atoms with Crippen LogP contribution in [0.15, 0.2) is 42.7 Å². The smallest absolute Gasteiger partial charge is 0.119 e. The van der Waals surface area contributed by atoms with Crippen molar-refractivity contribution in [3.8, 4) is 5.75 Å². The Morgan fingerprint density at radius 3 is 2.79 bits per heavy atom. The quantitative estimate of drug-likeness (QED) is 0.777. The maximum Gasteiger partial charge on any atom is 0.119 e. The molecule has 2 aromatic rings. The molecule has 0 aliphatic carbocycles. The molecule has 2 rings (SSSR count). The SMILES string of the molecule is CCn1cc(C(C)NCCOc2ccccc2)cn1. The first-order valence-electron chi connectivity index (χ1n) is 6.73. The molecule has 0 saturated carbocycles. The van der Waals surface area contributed by atoms with Gasteiger partial charge in [-0.05, 0) is 26.0 Å². The molecule has 1 N–H and O–H groups in total. The maximum atomic E-state index is 5.64. The number of aromatic nitrogens is 2. The number of aryl methyl sites for hydroxylation is 1. The Balaban J connectivity index is 1.70. The molecular weight excluding hydrogens is 238 g/mol. The molecule has 0 aliphatic heterocycles. The summed E-state index contributed by atoms with van der Waals surface area (Å²) >= 11 is 0. The van der Waals surface area contributed by atoms with Gasteiger partial charge in [0.2, 0.25) is 0 Å². The fourth-order valence-corrected chi connectivity index (χ4v) is 1.85. The minimum absolute atomic E-state index is 0.291. The van der Waals surface area contributed by atoms with Gasteiger partial charge in [-0.2, -0.15) is 5.10 Å². The van der Waals surface area contributed by atoms with Gasteiger partial charge in [0.25, 0.3) is 0 Å². The molecule has 1 aromatic carbocycles. The van der Waals surface area contributed by atoms with Crippen molar-refractivity contribution in [2.75, 3.05) is 13.2 Å². The second-order valence-electron chi connectivity index (χ2n) is 4.47. The Labute approximate surface area is 114 Å². The van der Waals surface area contributed by atoms with Crippen LogP contribution in [0.3, 0.4) is 0 Å². The van der Waals surface area contributed by atoms with E-state index in [0.717, 1.165) is 18.8 Å². The molecule has 0 amide bonds. The Morgan fingerprint density at radius 1 is 1.32 bits per heavy atom. The fraction of sp³-hybridized carbons (Fsp3) is 0.400. The number of nitrogens with zero attached hydrogens (tertiary/aromatic N) is 2. The minimum atomic E-state index is 0.291. The Hall–Kier alpha value is -1.81. The highest BCUT2D eigenvalue weighted by atomic mass is 16.5. The number of hydrogen-bond donors (Lipinski definition) is 1. The first kappa shape index (κ1) is 13.6. The minimum Gasteiger partial charge on any atom is -0.492 e. The van der Waals surface area contributed by atoms with Crippen molar-refractivity contribution in [2.45, 2.75) is 26.4 Å². The van der Waals surface area contributed by atoms with E-state index in [2.05, 4.69) is 30.5 Å². The van der Waals surface area contributed by atoms with E-state index in [1.165, 1.54) is 5.56 Å². The molecule has 1 unspecified atom stereocenters. The van der Waals surface area contributed by atoms with Crippen molar-refractivity contribution < 1.29 is 4.74 Å². The monoisotopic (exact) mass is 259 g/mol. The van der Waals surface area contributed by atoms with Crippen molar-refractivity contribution in [2.24, 2.45) is 0 Å². The topological polar surface area (TPSA) is 39.1 Å². The molecule has 0 saturated heterocycles. The Kier molecular flexibility index (Phi) is 4.98. The van der Waals surface area contributed by atoms with Gasteiger partial charge in [-0.3, -0.25) is 4.68 Å². The van der Waals surface area contributed by atoms with E-state index in [1.54, 1.807) is 0 Å². The van der Waals surface area contributed by atoms with Gasteiger partial charge in [0.1, 0.15) is 12.4 Å². The summed E-state index contributed by atoms with van der Waals surface area (Å²) in [5.74, 6) is 0.913. The van der Waals surface area contributed by atoms with Crippen LogP contribution in [0, 0.1) is 0 Å². The zero-order chi connectivity index (χ0) is 13.5. The summed E-state index contributed by atoms with van der Waals surface area (Å²) < 4.78 is 7.57. The van der Waals surface area contributed by atoms with E-state index in [0.29, 0.717) is 12.6 Å². The molecule has 0 fully saturated rings. The van der Waals surface area contributed by atoms with Crippen molar-refractivity contribution in [1.82, 2.24) is 15.1 Å². The lowest BCUT2D eigenvalue weighted by molar-refractivity contribution is 0.307. The van der Waals surface area contributed by atoms with Gasteiger partial charge in [-0.15, -0.1) is 0 Å². The molecule has 0 radical (unpaired) electrons. The average Bonchev–Trinajstić information content (AvgIpc) is 2.93. The van der Waals surface area contributed by atoms with E-state index in [1.807, 2.05) is 41.2 Å². The van der Waals surface area contributed by atoms with E-state index in [9.17, 15) is 0 Å². The number of ether oxygens (including phenoxy) is 1. The van der Waals surface area contributed by atoms with Gasteiger partial charge in [0, 0.05) is 30.9 Å². The highest BCUT2D eigenvalue weighted by Crippen LogP contribution is 2.11. The molecule has 102 valence electrons. The zero-order valence-corrected chi connectivity index (χ0v) is 11.5. The molecule has 1 aromatic heterocycles. The lowest BCUT2D eigenvalue weighted by atomic mass is 10.2. The first-order chi connectivity index (χ1) is 9.29. The lowest BCUT2D eigenvalue weighted by Crippen LogP contribution is -2.24. The number of rotatable bonds is 7. The van der Waals surface area contributed by atoms with Gasteiger partial charge in [0.15, 0.2) is 0 Å². The van der Waals surface area contributed by atoms with Gasteiger partial charge in [-0.1, -0.05) is 18.2 Å². The molecule has 1 heterocycles. The van der Waals surface area contributed by atoms with Crippen LogP contribution in [0.1, 0.15) is 25.5 Å². The summed E-state index contributed by atoms with van der Waals surface area (Å²) in [7, 11) is 0. The fourth-order valence-electron chi connectivity index (χ4n) is 1.85. The van der Waals surface area contributed by atoms with Crippen molar-refractivity contribution in [1.29, 1.82) is 0 Å². The summed E-state index contributed by atoms with van der Waals surface area (Å²) in [4.78, 5) is 0. The first-order valence-corrected chi connectivity index (χ1v) is 6.73. The van der Waals surface area contributed by atoms with Crippen LogP contribution in [0.4, 0.5) is 0 Å². The van der Waals surface area contributed by atoms with Gasteiger partial charge < -0.3 is 10.1 Å². The average molecular weight is 259 g/mol. The summed E-state index contributed by atoms with van der Waals surface area (Å²) in [6.45, 7) is 6.61. The molecule has 0 aliphatic rings. The third-order valence-electron chi connectivity index (χ3n) is 3.04. The van der Waals surface area contributed by atoms with Crippen molar-refractivity contribution in [3.63, 3.8) is 0 Å². The molecule has 0 bridgehead atoms. The molecule has 19 heavy (non-hydrogen) atoms. The van der Waals surface area contributed by atoms with Gasteiger partial charge >= 0.3 is 0 Å². The van der Waals surface area contributed by atoms with Crippen LogP contribution < -0.4 is 10.1 Å².